The van der Waals surface area contributed by atoms with Crippen molar-refractivity contribution in [2.45, 2.75) is 51.1 Å². The number of aromatic amines is 1. The van der Waals surface area contributed by atoms with Crippen LogP contribution in [0.3, 0.4) is 0 Å². The molecule has 0 spiro atoms. The van der Waals surface area contributed by atoms with E-state index in [2.05, 4.69) is 9.97 Å². The van der Waals surface area contributed by atoms with Crippen molar-refractivity contribution in [3.8, 4) is 11.1 Å². The molecule has 0 saturated heterocycles. The number of aryl methyl sites for hydroxylation is 2. The maximum Gasteiger partial charge on any atom is 0.333 e. The summed E-state index contributed by atoms with van der Waals surface area (Å²) in [6.07, 6.45) is 1.85. The van der Waals surface area contributed by atoms with E-state index in [0.717, 1.165) is 16.6 Å². The zero-order valence-electron chi connectivity index (χ0n) is 23.0. The van der Waals surface area contributed by atoms with Gasteiger partial charge in [-0.1, -0.05) is 79.5 Å². The first-order valence-electron chi connectivity index (χ1n) is 13.4. The number of fused-ring (bicyclic) bond motifs is 1. The Labute approximate surface area is 246 Å². The zero-order valence-corrected chi connectivity index (χ0v) is 24.6. The van der Waals surface area contributed by atoms with E-state index < -0.39 is 27.1 Å². The van der Waals surface area contributed by atoms with Gasteiger partial charge in [0.15, 0.2) is 5.65 Å². The molecule has 3 aromatic carbocycles. The lowest BCUT2D eigenvalue weighted by Gasteiger charge is -2.12. The molecule has 3 N–H and O–H groups in total. The fraction of sp³-hybridized carbons (Fsp3) is 0.233. The molecule has 9 nitrogen and oxygen atoms in total. The van der Waals surface area contributed by atoms with Gasteiger partial charge < -0.3 is 4.98 Å². The molecular weight excluding hydrogens is 581 g/mol. The first-order valence-corrected chi connectivity index (χ1v) is 15.3. The van der Waals surface area contributed by atoms with Crippen molar-refractivity contribution in [3.05, 3.63) is 115 Å². The molecule has 0 aliphatic carbocycles. The predicted octanol–water partition coefficient (Wildman–Crippen LogP) is 4.74. The molecule has 12 heteroatoms. The summed E-state index contributed by atoms with van der Waals surface area (Å²) in [4.78, 5) is 34.4. The van der Waals surface area contributed by atoms with Crippen molar-refractivity contribution >= 4 is 32.8 Å². The summed E-state index contributed by atoms with van der Waals surface area (Å²) in [5.41, 5.74) is 2.09. The number of rotatable bonds is 9. The summed E-state index contributed by atoms with van der Waals surface area (Å²) in [5, 5.41) is 5.43. The number of aromatic nitrogens is 4. The van der Waals surface area contributed by atoms with Crippen molar-refractivity contribution < 1.29 is 12.8 Å². The molecule has 5 rings (SSSR count). The van der Waals surface area contributed by atoms with Crippen LogP contribution in [0.5, 0.6) is 0 Å². The number of primary sulfonamides is 1. The Morgan fingerprint density at radius 3 is 2.40 bits per heavy atom. The Morgan fingerprint density at radius 2 is 1.74 bits per heavy atom. The maximum absolute atomic E-state index is 14.4. The second-order valence-electron chi connectivity index (χ2n) is 10.1. The number of H-pyrrole nitrogens is 1. The summed E-state index contributed by atoms with van der Waals surface area (Å²) in [7, 11) is -4.01. The van der Waals surface area contributed by atoms with Crippen molar-refractivity contribution in [1.82, 2.24) is 19.1 Å². The average Bonchev–Trinajstić information content (AvgIpc) is 3.35. The monoisotopic (exact) mass is 609 g/mol. The van der Waals surface area contributed by atoms with Crippen LogP contribution in [0.1, 0.15) is 42.3 Å². The van der Waals surface area contributed by atoms with Gasteiger partial charge in [0.05, 0.1) is 11.6 Å². The molecule has 2 heterocycles. The van der Waals surface area contributed by atoms with E-state index in [0.29, 0.717) is 41.9 Å². The van der Waals surface area contributed by atoms with Crippen LogP contribution in [0, 0.1) is 12.7 Å². The number of benzene rings is 3. The van der Waals surface area contributed by atoms with Crippen LogP contribution in [0.4, 0.5) is 4.39 Å². The number of nitrogens with one attached hydrogen (secondary N) is 1. The van der Waals surface area contributed by atoms with Gasteiger partial charge in [0.25, 0.3) is 5.56 Å². The molecule has 2 aromatic heterocycles. The van der Waals surface area contributed by atoms with Gasteiger partial charge in [-0.25, -0.2) is 27.7 Å². The molecule has 0 atom stereocenters. The number of sulfonamides is 1. The van der Waals surface area contributed by atoms with Gasteiger partial charge in [-0.2, -0.15) is 0 Å². The van der Waals surface area contributed by atoms with E-state index in [-0.39, 0.29) is 33.2 Å². The number of imidazole rings is 1. The average molecular weight is 610 g/mol. The Bertz CT molecular complexity index is 2030. The number of nitrogens with two attached hydrogens (primary N) is 1. The van der Waals surface area contributed by atoms with Crippen LogP contribution in [-0.2, 0) is 29.5 Å². The highest BCUT2D eigenvalue weighted by Gasteiger charge is 2.21. The van der Waals surface area contributed by atoms with Gasteiger partial charge in [-0.05, 0) is 36.1 Å². The summed E-state index contributed by atoms with van der Waals surface area (Å²) in [6.45, 7) is 3.79. The molecule has 0 bridgehead atoms. The van der Waals surface area contributed by atoms with Gasteiger partial charge in [0.1, 0.15) is 22.1 Å². The molecule has 0 saturated carbocycles. The van der Waals surface area contributed by atoms with E-state index >= 15 is 0 Å². The van der Waals surface area contributed by atoms with Crippen LogP contribution in [0.2, 0.25) is 5.02 Å². The normalized spacial score (nSPS) is 11.8. The van der Waals surface area contributed by atoms with E-state index in [1.165, 1.54) is 10.6 Å². The fourth-order valence-electron chi connectivity index (χ4n) is 4.97. The largest absolute Gasteiger partial charge is 0.336 e. The minimum Gasteiger partial charge on any atom is -0.336 e. The van der Waals surface area contributed by atoms with E-state index in [1.54, 1.807) is 49.4 Å². The second-order valence-corrected chi connectivity index (χ2v) is 12.0. The highest BCUT2D eigenvalue weighted by Crippen LogP contribution is 2.35. The number of hydrogen-bond donors (Lipinski definition) is 2. The summed E-state index contributed by atoms with van der Waals surface area (Å²) < 4.78 is 41.0. The number of nitrogens with zero attached hydrogens (tertiary/aromatic N) is 3. The molecule has 0 amide bonds. The molecular formula is C30H29ClFN5O4S. The standard InChI is InChI=1S/C30H29ClFN5O4S/c1-3-4-15-36-28-26(29(38)37(30(36)39)17-21-7-5-6-8-23(21)32)34-24(35-28)16-19-10-12-20(13-11-19)22-14-9-18(2)27(25(22)31)42(33,40)41/h5-14H,3-4,15-17H2,1-2H3,(H,34,35)(H2,33,40,41). The lowest BCUT2D eigenvalue weighted by atomic mass is 10.0. The van der Waals surface area contributed by atoms with Crippen LogP contribution >= 0.6 is 11.6 Å². The molecule has 0 aliphatic heterocycles. The minimum atomic E-state index is -4.01. The van der Waals surface area contributed by atoms with Gasteiger partial charge in [0, 0.05) is 24.1 Å². The van der Waals surface area contributed by atoms with Gasteiger partial charge >= 0.3 is 5.69 Å². The third kappa shape index (κ3) is 5.67. The Balaban J connectivity index is 1.51. The smallest absolute Gasteiger partial charge is 0.333 e. The minimum absolute atomic E-state index is 0.0549. The number of hydrogen-bond acceptors (Lipinski definition) is 5. The summed E-state index contributed by atoms with van der Waals surface area (Å²) >= 11 is 6.44. The topological polar surface area (TPSA) is 133 Å². The van der Waals surface area contributed by atoms with Crippen molar-refractivity contribution in [3.63, 3.8) is 0 Å². The summed E-state index contributed by atoms with van der Waals surface area (Å²) in [5.74, 6) is -0.0152. The molecule has 0 fully saturated rings. The Morgan fingerprint density at radius 1 is 1.02 bits per heavy atom. The Kier molecular flexibility index (Phi) is 8.18. The zero-order chi connectivity index (χ0) is 30.2. The van der Waals surface area contributed by atoms with Crippen LogP contribution in [0.25, 0.3) is 22.3 Å². The lowest BCUT2D eigenvalue weighted by molar-refractivity contribution is 0.553. The second kappa shape index (κ2) is 11.7. The molecule has 5 aromatic rings. The van der Waals surface area contributed by atoms with Gasteiger partial charge in [-0.3, -0.25) is 13.9 Å². The van der Waals surface area contributed by atoms with Crippen LogP contribution < -0.4 is 16.4 Å². The molecule has 0 aliphatic rings. The Hall–Kier alpha value is -4.06. The highest BCUT2D eigenvalue weighted by atomic mass is 35.5. The number of unbranched alkanes of at least 4 members (excludes halogenated alkanes) is 1. The molecule has 0 radical (unpaired) electrons. The third-order valence-electron chi connectivity index (χ3n) is 7.15. The fourth-order valence-corrected chi connectivity index (χ4v) is 6.49. The third-order valence-corrected chi connectivity index (χ3v) is 8.75. The number of halogens is 2. The van der Waals surface area contributed by atoms with E-state index in [1.807, 2.05) is 19.1 Å². The SMILES string of the molecule is CCCCn1c(=O)n(Cc2ccccc2F)c(=O)c2[nH]c(Cc3ccc(-c4ccc(C)c(S(N)(=O)=O)c4Cl)cc3)nc21. The molecule has 218 valence electrons. The first-order chi connectivity index (χ1) is 20.0. The maximum atomic E-state index is 14.4. The predicted molar refractivity (Wildman–Crippen MR) is 161 cm³/mol. The summed E-state index contributed by atoms with van der Waals surface area (Å²) in [6, 6.07) is 16.7. The van der Waals surface area contributed by atoms with Gasteiger partial charge in [-0.15, -0.1) is 0 Å². The van der Waals surface area contributed by atoms with E-state index in [4.69, 9.17) is 16.7 Å². The van der Waals surface area contributed by atoms with Crippen molar-refractivity contribution in [2.75, 3.05) is 0 Å². The molecule has 42 heavy (non-hydrogen) atoms. The highest BCUT2D eigenvalue weighted by molar-refractivity contribution is 7.89. The first kappa shape index (κ1) is 29.4. The van der Waals surface area contributed by atoms with E-state index in [9.17, 15) is 22.4 Å². The quantitative estimate of drug-likeness (QED) is 0.249. The lowest BCUT2D eigenvalue weighted by Crippen LogP contribution is -2.40. The van der Waals surface area contributed by atoms with Crippen molar-refractivity contribution in [1.29, 1.82) is 0 Å². The van der Waals surface area contributed by atoms with Gasteiger partial charge in [0.2, 0.25) is 10.0 Å². The van der Waals surface area contributed by atoms with Crippen LogP contribution in [0.15, 0.2) is 75.1 Å². The van der Waals surface area contributed by atoms with Crippen molar-refractivity contribution in [2.24, 2.45) is 5.14 Å². The van der Waals surface area contributed by atoms with Crippen LogP contribution in [-0.4, -0.2) is 27.5 Å². The molecule has 0 unspecified atom stereocenters.